The van der Waals surface area contributed by atoms with Crippen molar-refractivity contribution < 1.29 is 19.4 Å². The Morgan fingerprint density at radius 1 is 0.913 bits per heavy atom. The molecule has 0 unspecified atom stereocenters. The van der Waals surface area contributed by atoms with Crippen LogP contribution in [0.5, 0.6) is 17.2 Å². The number of hydrogen-bond acceptors (Lipinski definition) is 4. The zero-order chi connectivity index (χ0) is 16.9. The lowest BCUT2D eigenvalue weighted by Gasteiger charge is -2.17. The zero-order valence-corrected chi connectivity index (χ0v) is 13.9. The molecule has 0 atom stereocenters. The second-order valence-electron chi connectivity index (χ2n) is 5.89. The number of methoxy groups -OCH3 is 1. The number of furan rings is 1. The van der Waals surface area contributed by atoms with E-state index in [9.17, 15) is 10.2 Å². The Labute approximate surface area is 134 Å². The zero-order valence-electron chi connectivity index (χ0n) is 13.9. The van der Waals surface area contributed by atoms with Crippen molar-refractivity contribution in [2.75, 3.05) is 7.11 Å². The third-order valence-corrected chi connectivity index (χ3v) is 4.47. The van der Waals surface area contributed by atoms with E-state index in [-0.39, 0.29) is 11.5 Å². The van der Waals surface area contributed by atoms with Gasteiger partial charge in [-0.15, -0.1) is 0 Å². The van der Waals surface area contributed by atoms with Gasteiger partial charge in [0.15, 0.2) is 0 Å². The van der Waals surface area contributed by atoms with Gasteiger partial charge in [0.05, 0.1) is 12.5 Å². The van der Waals surface area contributed by atoms with Crippen LogP contribution in [0.1, 0.15) is 22.3 Å². The van der Waals surface area contributed by atoms with Crippen LogP contribution in [0.3, 0.4) is 0 Å². The van der Waals surface area contributed by atoms with Crippen molar-refractivity contribution in [3.8, 4) is 28.6 Å². The van der Waals surface area contributed by atoms with E-state index in [1.807, 2.05) is 39.8 Å². The van der Waals surface area contributed by atoms with Crippen LogP contribution in [0, 0.1) is 27.7 Å². The van der Waals surface area contributed by atoms with Crippen LogP contribution in [-0.4, -0.2) is 17.3 Å². The lowest BCUT2D eigenvalue weighted by Crippen LogP contribution is -1.97. The minimum Gasteiger partial charge on any atom is -0.507 e. The summed E-state index contributed by atoms with van der Waals surface area (Å²) in [5.41, 5.74) is 4.54. The Balaban J connectivity index is 2.35. The van der Waals surface area contributed by atoms with Gasteiger partial charge in [-0.05, 0) is 45.4 Å². The van der Waals surface area contributed by atoms with E-state index in [2.05, 4.69) is 0 Å². The number of benzene rings is 2. The third kappa shape index (κ3) is 2.13. The largest absolute Gasteiger partial charge is 0.507 e. The maximum absolute atomic E-state index is 10.4. The number of phenols is 2. The molecule has 4 heteroatoms. The van der Waals surface area contributed by atoms with Crippen molar-refractivity contribution in [2.24, 2.45) is 0 Å². The Bertz CT molecular complexity index is 919. The molecule has 23 heavy (non-hydrogen) atoms. The highest BCUT2D eigenvalue weighted by molar-refractivity contribution is 5.90. The van der Waals surface area contributed by atoms with E-state index in [0.717, 1.165) is 22.3 Å². The Morgan fingerprint density at radius 3 is 2.26 bits per heavy atom. The highest BCUT2D eigenvalue weighted by Crippen LogP contribution is 2.44. The molecule has 2 aromatic carbocycles. The lowest BCUT2D eigenvalue weighted by atomic mass is 9.95. The van der Waals surface area contributed by atoms with Crippen molar-refractivity contribution in [2.45, 2.75) is 27.7 Å². The van der Waals surface area contributed by atoms with Crippen LogP contribution < -0.4 is 4.74 Å². The summed E-state index contributed by atoms with van der Waals surface area (Å²) in [6.45, 7) is 7.46. The highest BCUT2D eigenvalue weighted by Gasteiger charge is 2.21. The fourth-order valence-corrected chi connectivity index (χ4v) is 3.19. The summed E-state index contributed by atoms with van der Waals surface area (Å²) in [5, 5.41) is 21.3. The number of aromatic hydroxyl groups is 2. The van der Waals surface area contributed by atoms with Crippen LogP contribution in [0.15, 0.2) is 22.6 Å². The molecule has 3 aromatic rings. The van der Waals surface area contributed by atoms with Crippen molar-refractivity contribution in [1.29, 1.82) is 0 Å². The summed E-state index contributed by atoms with van der Waals surface area (Å²) in [7, 11) is 1.59. The average Bonchev–Trinajstić information content (AvgIpc) is 2.94. The monoisotopic (exact) mass is 312 g/mol. The van der Waals surface area contributed by atoms with E-state index in [1.165, 1.54) is 0 Å². The molecule has 0 bridgehead atoms. The smallest absolute Gasteiger partial charge is 0.138 e. The van der Waals surface area contributed by atoms with Gasteiger partial charge in [0, 0.05) is 22.3 Å². The SMILES string of the molecule is COc1c(C)c(O)c(C)c(-c2cc3c(O)c(C)ccc3o2)c1C. The first-order valence-electron chi connectivity index (χ1n) is 7.46. The summed E-state index contributed by atoms with van der Waals surface area (Å²) in [6.07, 6.45) is 0. The van der Waals surface area contributed by atoms with E-state index >= 15 is 0 Å². The molecule has 0 aliphatic carbocycles. The van der Waals surface area contributed by atoms with Gasteiger partial charge in [-0.3, -0.25) is 0 Å². The number of aryl methyl sites for hydroxylation is 1. The van der Waals surface area contributed by atoms with Crippen LogP contribution in [0.25, 0.3) is 22.3 Å². The van der Waals surface area contributed by atoms with Gasteiger partial charge in [-0.25, -0.2) is 0 Å². The number of rotatable bonds is 2. The topological polar surface area (TPSA) is 62.8 Å². The van der Waals surface area contributed by atoms with Gasteiger partial charge >= 0.3 is 0 Å². The van der Waals surface area contributed by atoms with Crippen LogP contribution >= 0.6 is 0 Å². The molecule has 4 nitrogen and oxygen atoms in total. The molecule has 0 aliphatic heterocycles. The van der Waals surface area contributed by atoms with E-state index in [0.29, 0.717) is 28.0 Å². The third-order valence-electron chi connectivity index (χ3n) is 4.47. The van der Waals surface area contributed by atoms with Gasteiger partial charge in [0.25, 0.3) is 0 Å². The maximum atomic E-state index is 10.4. The molecule has 0 radical (unpaired) electrons. The van der Waals surface area contributed by atoms with Gasteiger partial charge in [-0.2, -0.15) is 0 Å². The highest BCUT2D eigenvalue weighted by atomic mass is 16.5. The molecule has 0 spiro atoms. The lowest BCUT2D eigenvalue weighted by molar-refractivity contribution is 0.399. The minimum absolute atomic E-state index is 0.198. The quantitative estimate of drug-likeness (QED) is 0.716. The predicted molar refractivity (Wildman–Crippen MR) is 90.5 cm³/mol. The Hall–Kier alpha value is -2.62. The second-order valence-corrected chi connectivity index (χ2v) is 5.89. The van der Waals surface area contributed by atoms with Gasteiger partial charge in [0.2, 0.25) is 0 Å². The van der Waals surface area contributed by atoms with E-state index in [1.54, 1.807) is 13.2 Å². The number of phenolic OH excluding ortho intramolecular Hbond substituents is 2. The average molecular weight is 312 g/mol. The van der Waals surface area contributed by atoms with Crippen LogP contribution in [-0.2, 0) is 0 Å². The normalized spacial score (nSPS) is 11.2. The first-order chi connectivity index (χ1) is 10.9. The molecule has 1 heterocycles. The molecule has 120 valence electrons. The molecule has 1 aromatic heterocycles. The summed E-state index contributed by atoms with van der Waals surface area (Å²) in [6, 6.07) is 5.46. The van der Waals surface area contributed by atoms with E-state index in [4.69, 9.17) is 9.15 Å². The Kier molecular flexibility index (Phi) is 3.48. The fourth-order valence-electron chi connectivity index (χ4n) is 3.19. The second kappa shape index (κ2) is 5.23. The number of fused-ring (bicyclic) bond motifs is 1. The minimum atomic E-state index is 0.198. The van der Waals surface area contributed by atoms with Crippen LogP contribution in [0.4, 0.5) is 0 Å². The van der Waals surface area contributed by atoms with Crippen molar-refractivity contribution in [3.63, 3.8) is 0 Å². The van der Waals surface area contributed by atoms with Crippen molar-refractivity contribution in [1.82, 2.24) is 0 Å². The summed E-state index contributed by atoms with van der Waals surface area (Å²) < 4.78 is 11.4. The molecular weight excluding hydrogens is 292 g/mol. The molecule has 2 N–H and O–H groups in total. The summed E-state index contributed by atoms with van der Waals surface area (Å²) in [4.78, 5) is 0. The molecule has 0 fully saturated rings. The molecular formula is C19H20O4. The molecule has 3 rings (SSSR count). The van der Waals surface area contributed by atoms with Crippen LogP contribution in [0.2, 0.25) is 0 Å². The summed E-state index contributed by atoms with van der Waals surface area (Å²) in [5.74, 6) is 1.66. The molecule has 0 amide bonds. The van der Waals surface area contributed by atoms with Crippen molar-refractivity contribution in [3.05, 3.63) is 40.5 Å². The van der Waals surface area contributed by atoms with Crippen molar-refractivity contribution >= 4 is 11.0 Å². The fraction of sp³-hybridized carbons (Fsp3) is 0.263. The van der Waals surface area contributed by atoms with Gasteiger partial charge < -0.3 is 19.4 Å². The summed E-state index contributed by atoms with van der Waals surface area (Å²) >= 11 is 0. The van der Waals surface area contributed by atoms with E-state index < -0.39 is 0 Å². The first kappa shape index (κ1) is 15.3. The number of hydrogen-bond donors (Lipinski definition) is 2. The Morgan fingerprint density at radius 2 is 1.61 bits per heavy atom. The van der Waals surface area contributed by atoms with Gasteiger partial charge in [0.1, 0.15) is 28.6 Å². The predicted octanol–water partition coefficient (Wildman–Crippen LogP) is 4.75. The maximum Gasteiger partial charge on any atom is 0.138 e. The molecule has 0 saturated carbocycles. The van der Waals surface area contributed by atoms with Gasteiger partial charge in [-0.1, -0.05) is 6.07 Å². The standard InChI is InChI=1S/C19H20O4/c1-9-6-7-14-13(17(9)20)8-15(23-14)16-10(2)18(21)12(4)19(22-5)11(16)3/h6-8,20-21H,1-5H3. The first-order valence-corrected chi connectivity index (χ1v) is 7.46. The molecule has 0 saturated heterocycles. The molecule has 0 aliphatic rings. The number of ether oxygens (including phenoxy) is 1.